The summed E-state index contributed by atoms with van der Waals surface area (Å²) in [6.45, 7) is 3.70. The average Bonchev–Trinajstić information content (AvgIpc) is 2.35. The second kappa shape index (κ2) is 4.80. The molecule has 0 bridgehead atoms. The quantitative estimate of drug-likeness (QED) is 0.869. The van der Waals surface area contributed by atoms with Crippen molar-refractivity contribution in [3.8, 4) is 23.3 Å². The van der Waals surface area contributed by atoms with Crippen LogP contribution in [0.1, 0.15) is 16.7 Å². The molecule has 18 heavy (non-hydrogen) atoms. The Bertz CT molecular complexity index is 627. The van der Waals surface area contributed by atoms with Crippen molar-refractivity contribution in [2.24, 2.45) is 0 Å². The summed E-state index contributed by atoms with van der Waals surface area (Å²) in [6, 6.07) is 12.6. The van der Waals surface area contributed by atoms with Gasteiger partial charge >= 0.3 is 0 Å². The molecule has 0 saturated heterocycles. The molecule has 0 fully saturated rings. The highest BCUT2D eigenvalue weighted by Crippen LogP contribution is 2.32. The molecule has 0 aliphatic heterocycles. The number of nitriles is 1. The highest BCUT2D eigenvalue weighted by molar-refractivity contribution is 5.50. The van der Waals surface area contributed by atoms with Gasteiger partial charge in [0.2, 0.25) is 0 Å². The predicted molar refractivity (Wildman–Crippen MR) is 68.8 cm³/mol. The van der Waals surface area contributed by atoms with E-state index in [0.29, 0.717) is 22.6 Å². The molecule has 2 aromatic carbocycles. The van der Waals surface area contributed by atoms with Gasteiger partial charge in [-0.2, -0.15) is 5.26 Å². The molecule has 0 unspecified atom stereocenters. The summed E-state index contributed by atoms with van der Waals surface area (Å²) in [7, 11) is 0. The van der Waals surface area contributed by atoms with Crippen LogP contribution in [0.4, 0.5) is 0 Å². The summed E-state index contributed by atoms with van der Waals surface area (Å²) in [4.78, 5) is 0. The average molecular weight is 239 g/mol. The summed E-state index contributed by atoms with van der Waals surface area (Å²) in [5, 5.41) is 18.6. The Hall–Kier alpha value is -2.47. The Balaban J connectivity index is 2.43. The molecule has 0 aliphatic rings. The lowest BCUT2D eigenvalue weighted by molar-refractivity contribution is 0.447. The monoisotopic (exact) mass is 239 g/mol. The van der Waals surface area contributed by atoms with E-state index in [0.717, 1.165) is 5.56 Å². The molecule has 0 spiro atoms. The second-order valence-corrected chi connectivity index (χ2v) is 4.11. The van der Waals surface area contributed by atoms with E-state index in [9.17, 15) is 5.11 Å². The van der Waals surface area contributed by atoms with Crippen LogP contribution in [0.2, 0.25) is 0 Å². The van der Waals surface area contributed by atoms with Crippen LogP contribution in [0, 0.1) is 25.2 Å². The summed E-state index contributed by atoms with van der Waals surface area (Å²) in [5.74, 6) is 1.24. The van der Waals surface area contributed by atoms with Crippen molar-refractivity contribution in [3.63, 3.8) is 0 Å². The van der Waals surface area contributed by atoms with Crippen molar-refractivity contribution in [1.82, 2.24) is 0 Å². The van der Waals surface area contributed by atoms with Crippen LogP contribution in [-0.4, -0.2) is 5.11 Å². The van der Waals surface area contributed by atoms with Crippen molar-refractivity contribution in [2.45, 2.75) is 13.8 Å². The fourth-order valence-electron chi connectivity index (χ4n) is 1.64. The molecule has 1 N–H and O–H groups in total. The number of nitrogens with zero attached hydrogens (tertiary/aromatic N) is 1. The molecule has 0 atom stereocenters. The van der Waals surface area contributed by atoms with Crippen LogP contribution in [0.3, 0.4) is 0 Å². The van der Waals surface area contributed by atoms with Crippen LogP contribution in [0.25, 0.3) is 0 Å². The molecule has 2 rings (SSSR count). The third-order valence-corrected chi connectivity index (χ3v) is 2.73. The number of phenols is 1. The van der Waals surface area contributed by atoms with Gasteiger partial charge in [-0.05, 0) is 43.7 Å². The topological polar surface area (TPSA) is 53.2 Å². The van der Waals surface area contributed by atoms with Gasteiger partial charge < -0.3 is 9.84 Å². The maximum absolute atomic E-state index is 9.61. The number of ether oxygens (including phenoxy) is 1. The molecule has 0 radical (unpaired) electrons. The number of benzene rings is 2. The molecule has 0 aliphatic carbocycles. The molecule has 0 saturated carbocycles. The first-order chi connectivity index (χ1) is 8.61. The first kappa shape index (κ1) is 12.0. The number of aryl methyl sites for hydroxylation is 1. The largest absolute Gasteiger partial charge is 0.508 e. The fraction of sp³-hybridized carbons (Fsp3) is 0.133. The van der Waals surface area contributed by atoms with Gasteiger partial charge in [0.1, 0.15) is 23.3 Å². The molecule has 3 nitrogen and oxygen atoms in total. The van der Waals surface area contributed by atoms with Crippen LogP contribution >= 0.6 is 0 Å². The maximum atomic E-state index is 9.61. The molecule has 3 heteroatoms. The van der Waals surface area contributed by atoms with Crippen molar-refractivity contribution in [3.05, 3.63) is 53.1 Å². The number of aromatic hydroxyl groups is 1. The molecule has 0 amide bonds. The van der Waals surface area contributed by atoms with E-state index in [2.05, 4.69) is 6.07 Å². The number of hydrogen-bond donors (Lipinski definition) is 1. The van der Waals surface area contributed by atoms with Gasteiger partial charge in [-0.15, -0.1) is 0 Å². The van der Waals surface area contributed by atoms with E-state index in [4.69, 9.17) is 10.00 Å². The Morgan fingerprint density at radius 3 is 2.61 bits per heavy atom. The number of phenolic OH excluding ortho intramolecular Hbond substituents is 1. The Kier molecular flexibility index (Phi) is 3.20. The van der Waals surface area contributed by atoms with Crippen molar-refractivity contribution in [1.29, 1.82) is 5.26 Å². The zero-order valence-electron chi connectivity index (χ0n) is 10.3. The van der Waals surface area contributed by atoms with Crippen LogP contribution in [-0.2, 0) is 0 Å². The van der Waals surface area contributed by atoms with Gasteiger partial charge in [-0.1, -0.05) is 12.1 Å². The lowest BCUT2D eigenvalue weighted by Crippen LogP contribution is -1.91. The van der Waals surface area contributed by atoms with E-state index in [1.54, 1.807) is 31.2 Å². The molecular weight excluding hydrogens is 226 g/mol. The Morgan fingerprint density at radius 1 is 1.11 bits per heavy atom. The summed E-state index contributed by atoms with van der Waals surface area (Å²) >= 11 is 0. The van der Waals surface area contributed by atoms with Gasteiger partial charge in [0.15, 0.2) is 0 Å². The minimum Gasteiger partial charge on any atom is -0.508 e. The SMILES string of the molecule is Cc1ccc(C#N)c(Oc2cccc(O)c2C)c1. The predicted octanol–water partition coefficient (Wildman–Crippen LogP) is 3.67. The number of rotatable bonds is 2. The van der Waals surface area contributed by atoms with Crippen LogP contribution in [0.5, 0.6) is 17.2 Å². The molecular formula is C15H13NO2. The van der Waals surface area contributed by atoms with E-state index >= 15 is 0 Å². The Morgan fingerprint density at radius 2 is 1.89 bits per heavy atom. The lowest BCUT2D eigenvalue weighted by atomic mass is 10.1. The summed E-state index contributed by atoms with van der Waals surface area (Å²) < 4.78 is 5.71. The first-order valence-corrected chi connectivity index (χ1v) is 5.59. The fourth-order valence-corrected chi connectivity index (χ4v) is 1.64. The van der Waals surface area contributed by atoms with Gasteiger partial charge in [0, 0.05) is 5.56 Å². The second-order valence-electron chi connectivity index (χ2n) is 4.11. The van der Waals surface area contributed by atoms with E-state index < -0.39 is 0 Å². The standard InChI is InChI=1S/C15H13NO2/c1-10-6-7-12(9-16)15(8-10)18-14-5-3-4-13(17)11(14)2/h3-8,17H,1-2H3. The summed E-state index contributed by atoms with van der Waals surface area (Å²) in [5.41, 5.74) is 2.15. The van der Waals surface area contributed by atoms with Crippen molar-refractivity contribution >= 4 is 0 Å². The molecule has 0 heterocycles. The molecule has 2 aromatic rings. The number of hydrogen-bond acceptors (Lipinski definition) is 3. The van der Waals surface area contributed by atoms with E-state index in [-0.39, 0.29) is 5.75 Å². The van der Waals surface area contributed by atoms with Crippen LogP contribution in [0.15, 0.2) is 36.4 Å². The molecule has 0 aromatic heterocycles. The minimum atomic E-state index is 0.179. The van der Waals surface area contributed by atoms with E-state index in [1.165, 1.54) is 0 Å². The lowest BCUT2D eigenvalue weighted by Gasteiger charge is -2.11. The van der Waals surface area contributed by atoms with Crippen molar-refractivity contribution in [2.75, 3.05) is 0 Å². The van der Waals surface area contributed by atoms with Crippen molar-refractivity contribution < 1.29 is 9.84 Å². The highest BCUT2D eigenvalue weighted by atomic mass is 16.5. The smallest absolute Gasteiger partial charge is 0.145 e. The highest BCUT2D eigenvalue weighted by Gasteiger charge is 2.08. The minimum absolute atomic E-state index is 0.179. The van der Waals surface area contributed by atoms with Gasteiger partial charge in [0.25, 0.3) is 0 Å². The third kappa shape index (κ3) is 2.28. The summed E-state index contributed by atoms with van der Waals surface area (Å²) in [6.07, 6.45) is 0. The molecule has 90 valence electrons. The third-order valence-electron chi connectivity index (χ3n) is 2.73. The van der Waals surface area contributed by atoms with Gasteiger partial charge in [0.05, 0.1) is 5.56 Å². The Labute approximate surface area is 106 Å². The first-order valence-electron chi connectivity index (χ1n) is 5.59. The van der Waals surface area contributed by atoms with Gasteiger partial charge in [-0.3, -0.25) is 0 Å². The van der Waals surface area contributed by atoms with E-state index in [1.807, 2.05) is 19.1 Å². The van der Waals surface area contributed by atoms with Gasteiger partial charge in [-0.25, -0.2) is 0 Å². The maximum Gasteiger partial charge on any atom is 0.145 e. The van der Waals surface area contributed by atoms with Crippen LogP contribution < -0.4 is 4.74 Å². The zero-order valence-corrected chi connectivity index (χ0v) is 10.3. The normalized spacial score (nSPS) is 9.83. The zero-order chi connectivity index (χ0) is 13.1.